The molecule has 0 spiro atoms. The number of hydrogen-bond donors (Lipinski definition) is 0. The highest BCUT2D eigenvalue weighted by Crippen LogP contribution is 2.27. The summed E-state index contributed by atoms with van der Waals surface area (Å²) < 4.78 is 7.39. The van der Waals surface area contributed by atoms with Crippen molar-refractivity contribution in [2.45, 2.75) is 24.8 Å². The van der Waals surface area contributed by atoms with E-state index in [1.54, 1.807) is 18.9 Å². The predicted molar refractivity (Wildman–Crippen MR) is 93.4 cm³/mol. The van der Waals surface area contributed by atoms with Crippen molar-refractivity contribution in [3.8, 4) is 11.4 Å². The first-order valence-corrected chi connectivity index (χ1v) is 8.41. The Kier molecular flexibility index (Phi) is 4.67. The molecule has 0 aliphatic carbocycles. The topological polar surface area (TPSA) is 39.9 Å². The molecule has 0 saturated heterocycles. The average Bonchev–Trinajstić information content (AvgIpc) is 2.94. The van der Waals surface area contributed by atoms with E-state index >= 15 is 0 Å². The van der Waals surface area contributed by atoms with Crippen LogP contribution in [0.2, 0.25) is 0 Å². The van der Waals surface area contributed by atoms with Crippen molar-refractivity contribution >= 4 is 11.8 Å². The molecule has 1 heterocycles. The Balaban J connectivity index is 1.86. The molecular weight excluding hydrogens is 306 g/mol. The zero-order valence-electron chi connectivity index (χ0n) is 13.5. The van der Waals surface area contributed by atoms with Gasteiger partial charge in [0.2, 0.25) is 0 Å². The quantitative estimate of drug-likeness (QED) is 0.660. The van der Waals surface area contributed by atoms with Crippen molar-refractivity contribution in [2.24, 2.45) is 0 Å². The minimum atomic E-state index is 0.821. The van der Waals surface area contributed by atoms with Gasteiger partial charge in [0.15, 0.2) is 5.16 Å². The van der Waals surface area contributed by atoms with Gasteiger partial charge in [-0.25, -0.2) is 0 Å². The highest BCUT2D eigenvalue weighted by Gasteiger charge is 2.13. The molecule has 0 amide bonds. The third kappa shape index (κ3) is 3.40. The molecule has 5 heteroatoms. The summed E-state index contributed by atoms with van der Waals surface area (Å²) in [5, 5.41) is 9.49. The third-order valence-corrected chi connectivity index (χ3v) is 4.65. The van der Waals surface area contributed by atoms with E-state index in [1.807, 2.05) is 37.3 Å². The molecule has 3 aromatic rings. The number of thioether (sulfide) groups is 1. The largest absolute Gasteiger partial charge is 0.497 e. The van der Waals surface area contributed by atoms with Gasteiger partial charge in [0.1, 0.15) is 11.6 Å². The molecule has 0 aliphatic rings. The summed E-state index contributed by atoms with van der Waals surface area (Å²) in [5.41, 5.74) is 3.54. The molecule has 0 radical (unpaired) electrons. The second-order valence-electron chi connectivity index (χ2n) is 5.29. The normalized spacial score (nSPS) is 10.7. The van der Waals surface area contributed by atoms with Crippen LogP contribution in [-0.4, -0.2) is 21.9 Å². The molecule has 0 atom stereocenters. The van der Waals surface area contributed by atoms with Gasteiger partial charge >= 0.3 is 0 Å². The number of aryl methyl sites for hydroxylation is 2. The Morgan fingerprint density at radius 1 is 1.04 bits per heavy atom. The molecule has 0 fully saturated rings. The SMILES string of the molecule is COc1cccc(CSc2nnc(C)n2-c2ccccc2C)c1. The van der Waals surface area contributed by atoms with E-state index in [1.165, 1.54) is 11.1 Å². The number of ether oxygens (including phenoxy) is 1. The molecule has 0 bridgehead atoms. The second-order valence-corrected chi connectivity index (χ2v) is 6.23. The molecule has 23 heavy (non-hydrogen) atoms. The molecule has 0 unspecified atom stereocenters. The number of methoxy groups -OCH3 is 1. The monoisotopic (exact) mass is 325 g/mol. The highest BCUT2D eigenvalue weighted by molar-refractivity contribution is 7.98. The summed E-state index contributed by atoms with van der Waals surface area (Å²) in [4.78, 5) is 0. The summed E-state index contributed by atoms with van der Waals surface area (Å²) in [7, 11) is 1.68. The van der Waals surface area contributed by atoms with Gasteiger partial charge in [0.25, 0.3) is 0 Å². The third-order valence-electron chi connectivity index (χ3n) is 3.65. The van der Waals surface area contributed by atoms with Crippen LogP contribution in [0.5, 0.6) is 5.75 Å². The van der Waals surface area contributed by atoms with Gasteiger partial charge in [-0.3, -0.25) is 4.57 Å². The fourth-order valence-electron chi connectivity index (χ4n) is 2.44. The van der Waals surface area contributed by atoms with Crippen LogP contribution in [-0.2, 0) is 5.75 Å². The maximum atomic E-state index is 5.28. The minimum absolute atomic E-state index is 0.821. The van der Waals surface area contributed by atoms with Crippen LogP contribution in [0.15, 0.2) is 53.7 Å². The molecule has 0 N–H and O–H groups in total. The number of nitrogens with zero attached hydrogens (tertiary/aromatic N) is 3. The predicted octanol–water partition coefficient (Wildman–Crippen LogP) is 4.19. The van der Waals surface area contributed by atoms with E-state index in [2.05, 4.69) is 39.9 Å². The van der Waals surface area contributed by atoms with E-state index in [-0.39, 0.29) is 0 Å². The Morgan fingerprint density at radius 3 is 2.65 bits per heavy atom. The number of aromatic nitrogens is 3. The Hall–Kier alpha value is -2.27. The van der Waals surface area contributed by atoms with Crippen LogP contribution < -0.4 is 4.74 Å². The standard InChI is InChI=1S/C18H19N3OS/c1-13-7-4-5-10-17(13)21-14(2)19-20-18(21)23-12-15-8-6-9-16(11-15)22-3/h4-11H,12H2,1-3H3. The van der Waals surface area contributed by atoms with Gasteiger partial charge in [0.05, 0.1) is 12.8 Å². The van der Waals surface area contributed by atoms with Gasteiger partial charge in [0, 0.05) is 5.75 Å². The Labute approximate surface area is 140 Å². The van der Waals surface area contributed by atoms with Crippen LogP contribution in [0.3, 0.4) is 0 Å². The van der Waals surface area contributed by atoms with Crippen molar-refractivity contribution in [3.63, 3.8) is 0 Å². The van der Waals surface area contributed by atoms with Crippen molar-refractivity contribution < 1.29 is 4.74 Å². The molecule has 4 nitrogen and oxygen atoms in total. The van der Waals surface area contributed by atoms with Gasteiger partial charge in [-0.1, -0.05) is 42.1 Å². The van der Waals surface area contributed by atoms with E-state index < -0.39 is 0 Å². The van der Waals surface area contributed by atoms with Crippen molar-refractivity contribution in [2.75, 3.05) is 7.11 Å². The van der Waals surface area contributed by atoms with Crippen molar-refractivity contribution in [1.29, 1.82) is 0 Å². The van der Waals surface area contributed by atoms with Crippen LogP contribution in [0, 0.1) is 13.8 Å². The molecular formula is C18H19N3OS. The maximum Gasteiger partial charge on any atom is 0.196 e. The Bertz CT molecular complexity index is 814. The zero-order valence-corrected chi connectivity index (χ0v) is 14.3. The summed E-state index contributed by atoms with van der Waals surface area (Å²) in [6.07, 6.45) is 0. The second kappa shape index (κ2) is 6.87. The molecule has 1 aromatic heterocycles. The van der Waals surface area contributed by atoms with Gasteiger partial charge < -0.3 is 4.74 Å². The maximum absolute atomic E-state index is 5.28. The average molecular weight is 325 g/mol. The Morgan fingerprint density at radius 2 is 1.87 bits per heavy atom. The first-order chi connectivity index (χ1) is 11.2. The van der Waals surface area contributed by atoms with Gasteiger partial charge in [-0.05, 0) is 43.2 Å². The number of benzene rings is 2. The summed E-state index contributed by atoms with van der Waals surface area (Å²) in [6.45, 7) is 4.08. The van der Waals surface area contributed by atoms with E-state index in [0.29, 0.717) is 0 Å². The lowest BCUT2D eigenvalue weighted by atomic mass is 10.2. The van der Waals surface area contributed by atoms with E-state index in [4.69, 9.17) is 4.74 Å². The van der Waals surface area contributed by atoms with Gasteiger partial charge in [-0.15, -0.1) is 10.2 Å². The highest BCUT2D eigenvalue weighted by atomic mass is 32.2. The summed E-state index contributed by atoms with van der Waals surface area (Å²) in [5.74, 6) is 2.59. The van der Waals surface area contributed by atoms with Crippen LogP contribution >= 0.6 is 11.8 Å². The van der Waals surface area contributed by atoms with Crippen LogP contribution in [0.25, 0.3) is 5.69 Å². The number of hydrogen-bond acceptors (Lipinski definition) is 4. The summed E-state index contributed by atoms with van der Waals surface area (Å²) in [6, 6.07) is 16.4. The molecule has 0 aliphatic heterocycles. The van der Waals surface area contributed by atoms with E-state index in [0.717, 1.165) is 28.2 Å². The van der Waals surface area contributed by atoms with Crippen molar-refractivity contribution in [1.82, 2.24) is 14.8 Å². The van der Waals surface area contributed by atoms with Crippen LogP contribution in [0.1, 0.15) is 17.0 Å². The first kappa shape index (κ1) is 15.6. The number of para-hydroxylation sites is 1. The molecule has 3 rings (SSSR count). The van der Waals surface area contributed by atoms with Crippen molar-refractivity contribution in [3.05, 3.63) is 65.5 Å². The molecule has 0 saturated carbocycles. The fourth-order valence-corrected chi connectivity index (χ4v) is 3.37. The number of rotatable bonds is 5. The smallest absolute Gasteiger partial charge is 0.196 e. The molecule has 2 aromatic carbocycles. The lowest BCUT2D eigenvalue weighted by molar-refractivity contribution is 0.414. The fraction of sp³-hybridized carbons (Fsp3) is 0.222. The first-order valence-electron chi connectivity index (χ1n) is 7.43. The van der Waals surface area contributed by atoms with E-state index in [9.17, 15) is 0 Å². The summed E-state index contributed by atoms with van der Waals surface area (Å²) >= 11 is 1.68. The lowest BCUT2D eigenvalue weighted by Crippen LogP contribution is -2.01. The lowest BCUT2D eigenvalue weighted by Gasteiger charge is -2.11. The van der Waals surface area contributed by atoms with Gasteiger partial charge in [-0.2, -0.15) is 0 Å². The minimum Gasteiger partial charge on any atom is -0.497 e. The molecule has 118 valence electrons. The van der Waals surface area contributed by atoms with Crippen LogP contribution in [0.4, 0.5) is 0 Å². The zero-order chi connectivity index (χ0) is 16.2.